The van der Waals surface area contributed by atoms with Crippen LogP contribution in [0.5, 0.6) is 0 Å². The fourth-order valence-corrected chi connectivity index (χ4v) is 2.75. The molecular formula is C21H21N3O. The van der Waals surface area contributed by atoms with Crippen LogP contribution in [0.4, 0.5) is 17.1 Å². The van der Waals surface area contributed by atoms with Crippen molar-refractivity contribution < 1.29 is 4.79 Å². The molecule has 0 spiro atoms. The Balaban J connectivity index is 1.74. The van der Waals surface area contributed by atoms with E-state index < -0.39 is 0 Å². The van der Waals surface area contributed by atoms with Crippen LogP contribution in [0.25, 0.3) is 0 Å². The molecule has 3 rings (SSSR count). The van der Waals surface area contributed by atoms with E-state index in [2.05, 4.69) is 42.3 Å². The second kappa shape index (κ2) is 7.18. The van der Waals surface area contributed by atoms with Crippen LogP contribution in [0.3, 0.4) is 0 Å². The fourth-order valence-electron chi connectivity index (χ4n) is 2.75. The molecule has 0 saturated heterocycles. The predicted molar refractivity (Wildman–Crippen MR) is 103 cm³/mol. The van der Waals surface area contributed by atoms with Crippen molar-refractivity contribution in [1.29, 1.82) is 0 Å². The lowest BCUT2D eigenvalue weighted by Gasteiger charge is -2.17. The van der Waals surface area contributed by atoms with E-state index in [0.717, 1.165) is 17.1 Å². The molecule has 4 nitrogen and oxygen atoms in total. The largest absolute Gasteiger partial charge is 0.354 e. The molecule has 126 valence electrons. The van der Waals surface area contributed by atoms with Gasteiger partial charge in [-0.05, 0) is 61.4 Å². The maximum atomic E-state index is 12.5. The Labute approximate surface area is 148 Å². The molecule has 0 aliphatic rings. The molecule has 1 aromatic heterocycles. The van der Waals surface area contributed by atoms with Crippen LogP contribution in [0, 0.1) is 13.8 Å². The van der Waals surface area contributed by atoms with Gasteiger partial charge >= 0.3 is 0 Å². The van der Waals surface area contributed by atoms with Crippen molar-refractivity contribution in [3.8, 4) is 0 Å². The standard InChI is InChI=1S/C21H21N3O/c1-15-11-16(2)13-18(12-15)23-17-9-10-20(22-14-17)21(25)24(3)19-7-5-4-6-8-19/h4-14,23H,1-3H3. The number of rotatable bonds is 4. The molecule has 25 heavy (non-hydrogen) atoms. The van der Waals surface area contributed by atoms with Gasteiger partial charge in [0.2, 0.25) is 0 Å². The van der Waals surface area contributed by atoms with Crippen molar-refractivity contribution in [2.24, 2.45) is 0 Å². The first-order chi connectivity index (χ1) is 12.0. The quantitative estimate of drug-likeness (QED) is 0.752. The van der Waals surface area contributed by atoms with Crippen molar-refractivity contribution in [2.45, 2.75) is 13.8 Å². The summed E-state index contributed by atoms with van der Waals surface area (Å²) in [4.78, 5) is 18.5. The summed E-state index contributed by atoms with van der Waals surface area (Å²) in [6, 6.07) is 19.4. The molecule has 4 heteroatoms. The van der Waals surface area contributed by atoms with Crippen LogP contribution in [0.2, 0.25) is 0 Å². The molecule has 0 unspecified atom stereocenters. The summed E-state index contributed by atoms with van der Waals surface area (Å²) in [6.45, 7) is 4.13. The van der Waals surface area contributed by atoms with Gasteiger partial charge in [0, 0.05) is 18.4 Å². The van der Waals surface area contributed by atoms with E-state index in [9.17, 15) is 4.79 Å². The molecule has 1 N–H and O–H groups in total. The molecule has 0 saturated carbocycles. The third kappa shape index (κ3) is 4.04. The first-order valence-corrected chi connectivity index (χ1v) is 8.17. The average Bonchev–Trinajstić information content (AvgIpc) is 2.61. The van der Waals surface area contributed by atoms with Gasteiger partial charge in [-0.2, -0.15) is 0 Å². The number of nitrogens with one attached hydrogen (secondary N) is 1. The topological polar surface area (TPSA) is 45.2 Å². The SMILES string of the molecule is Cc1cc(C)cc(Nc2ccc(C(=O)N(C)c3ccccc3)nc2)c1. The van der Waals surface area contributed by atoms with Crippen molar-refractivity contribution in [3.05, 3.63) is 83.7 Å². The molecule has 0 bridgehead atoms. The number of pyridine rings is 1. The molecule has 3 aromatic rings. The number of para-hydroxylation sites is 1. The lowest BCUT2D eigenvalue weighted by Crippen LogP contribution is -2.26. The first kappa shape index (κ1) is 16.7. The molecular weight excluding hydrogens is 310 g/mol. The zero-order valence-corrected chi connectivity index (χ0v) is 14.7. The van der Waals surface area contributed by atoms with E-state index in [1.807, 2.05) is 36.4 Å². The monoisotopic (exact) mass is 331 g/mol. The molecule has 2 aromatic carbocycles. The van der Waals surface area contributed by atoms with Gasteiger partial charge < -0.3 is 10.2 Å². The van der Waals surface area contributed by atoms with Gasteiger partial charge in [-0.3, -0.25) is 4.79 Å². The molecule has 0 radical (unpaired) electrons. The highest BCUT2D eigenvalue weighted by Gasteiger charge is 2.14. The van der Waals surface area contributed by atoms with Gasteiger partial charge in [0.05, 0.1) is 11.9 Å². The highest BCUT2D eigenvalue weighted by Crippen LogP contribution is 2.20. The summed E-state index contributed by atoms with van der Waals surface area (Å²) in [5.74, 6) is -0.135. The van der Waals surface area contributed by atoms with E-state index in [4.69, 9.17) is 0 Å². The molecule has 1 amide bonds. The summed E-state index contributed by atoms with van der Waals surface area (Å²) in [5.41, 5.74) is 5.52. The summed E-state index contributed by atoms with van der Waals surface area (Å²) in [6.07, 6.45) is 1.68. The van der Waals surface area contributed by atoms with E-state index in [0.29, 0.717) is 5.69 Å². The Morgan fingerprint density at radius 2 is 1.60 bits per heavy atom. The fraction of sp³-hybridized carbons (Fsp3) is 0.143. The zero-order chi connectivity index (χ0) is 17.8. The Morgan fingerprint density at radius 3 is 2.20 bits per heavy atom. The lowest BCUT2D eigenvalue weighted by molar-refractivity contribution is 0.0988. The molecule has 1 heterocycles. The maximum absolute atomic E-state index is 12.5. The second-order valence-corrected chi connectivity index (χ2v) is 6.13. The number of amides is 1. The number of carbonyl (C=O) groups excluding carboxylic acids is 1. The van der Waals surface area contributed by atoms with Gasteiger partial charge in [-0.25, -0.2) is 4.98 Å². The summed E-state index contributed by atoms with van der Waals surface area (Å²) in [5, 5.41) is 3.33. The Morgan fingerprint density at radius 1 is 0.920 bits per heavy atom. The van der Waals surface area contributed by atoms with Gasteiger partial charge in [-0.1, -0.05) is 24.3 Å². The lowest BCUT2D eigenvalue weighted by atomic mass is 10.1. The molecule has 0 atom stereocenters. The number of carbonyl (C=O) groups is 1. The normalized spacial score (nSPS) is 10.4. The number of hydrogen-bond acceptors (Lipinski definition) is 3. The molecule has 0 aliphatic carbocycles. The smallest absolute Gasteiger partial charge is 0.276 e. The average molecular weight is 331 g/mol. The number of aryl methyl sites for hydroxylation is 2. The summed E-state index contributed by atoms with van der Waals surface area (Å²) >= 11 is 0. The Kier molecular flexibility index (Phi) is 4.80. The van der Waals surface area contributed by atoms with E-state index in [1.165, 1.54) is 11.1 Å². The minimum atomic E-state index is -0.135. The van der Waals surface area contributed by atoms with Crippen molar-refractivity contribution >= 4 is 23.0 Å². The van der Waals surface area contributed by atoms with Crippen LogP contribution in [0.15, 0.2) is 66.9 Å². The van der Waals surface area contributed by atoms with Crippen LogP contribution < -0.4 is 10.2 Å². The third-order valence-corrected chi connectivity index (χ3v) is 3.94. The Hall–Kier alpha value is -3.14. The van der Waals surface area contributed by atoms with Crippen LogP contribution >= 0.6 is 0 Å². The third-order valence-electron chi connectivity index (χ3n) is 3.94. The van der Waals surface area contributed by atoms with Crippen molar-refractivity contribution in [2.75, 3.05) is 17.3 Å². The van der Waals surface area contributed by atoms with E-state index in [1.54, 1.807) is 24.2 Å². The van der Waals surface area contributed by atoms with Crippen LogP contribution in [-0.2, 0) is 0 Å². The second-order valence-electron chi connectivity index (χ2n) is 6.13. The number of hydrogen-bond donors (Lipinski definition) is 1. The van der Waals surface area contributed by atoms with E-state index >= 15 is 0 Å². The van der Waals surface area contributed by atoms with Crippen molar-refractivity contribution in [1.82, 2.24) is 4.98 Å². The van der Waals surface area contributed by atoms with E-state index in [-0.39, 0.29) is 5.91 Å². The highest BCUT2D eigenvalue weighted by atomic mass is 16.2. The summed E-state index contributed by atoms with van der Waals surface area (Å²) < 4.78 is 0. The first-order valence-electron chi connectivity index (χ1n) is 8.17. The van der Waals surface area contributed by atoms with Gasteiger partial charge in [0.25, 0.3) is 5.91 Å². The zero-order valence-electron chi connectivity index (χ0n) is 14.7. The number of aromatic nitrogens is 1. The summed E-state index contributed by atoms with van der Waals surface area (Å²) in [7, 11) is 1.75. The van der Waals surface area contributed by atoms with Crippen molar-refractivity contribution in [3.63, 3.8) is 0 Å². The van der Waals surface area contributed by atoms with Gasteiger partial charge in [-0.15, -0.1) is 0 Å². The number of nitrogens with zero attached hydrogens (tertiary/aromatic N) is 2. The predicted octanol–water partition coefficient (Wildman–Crippen LogP) is 4.72. The molecule has 0 aliphatic heterocycles. The number of anilines is 3. The Bertz CT molecular complexity index is 853. The van der Waals surface area contributed by atoms with Gasteiger partial charge in [0.1, 0.15) is 5.69 Å². The minimum Gasteiger partial charge on any atom is -0.354 e. The van der Waals surface area contributed by atoms with Gasteiger partial charge in [0.15, 0.2) is 0 Å². The molecule has 0 fully saturated rings. The van der Waals surface area contributed by atoms with Crippen LogP contribution in [0.1, 0.15) is 21.6 Å². The minimum absolute atomic E-state index is 0.135. The maximum Gasteiger partial charge on any atom is 0.276 e. The highest BCUT2D eigenvalue weighted by molar-refractivity contribution is 6.04. The number of benzene rings is 2. The van der Waals surface area contributed by atoms with Crippen LogP contribution in [-0.4, -0.2) is 17.9 Å².